The molecule has 0 aromatic carbocycles. The summed E-state index contributed by atoms with van der Waals surface area (Å²) in [6.45, 7) is 0. The van der Waals surface area contributed by atoms with Crippen molar-refractivity contribution in [2.45, 2.75) is 31.8 Å². The van der Waals surface area contributed by atoms with Crippen molar-refractivity contribution >= 4 is 38.2 Å². The summed E-state index contributed by atoms with van der Waals surface area (Å²) >= 11 is 4.95. The van der Waals surface area contributed by atoms with Gasteiger partial charge in [-0.25, -0.2) is 0 Å². The highest BCUT2D eigenvalue weighted by Crippen LogP contribution is 2.31. The normalized spacial score (nSPS) is 24.6. The second kappa shape index (κ2) is 5.50. The number of rotatable bonds is 2. The Labute approximate surface area is 114 Å². The van der Waals surface area contributed by atoms with Crippen LogP contribution in [0.5, 0.6) is 0 Å². The molecule has 94 valence electrons. The van der Waals surface area contributed by atoms with E-state index in [1.807, 2.05) is 18.5 Å². The Morgan fingerprint density at radius 1 is 1.47 bits per heavy atom. The number of carbonyl (C=O) groups excluding carboxylic acids is 1. The molecule has 2 rings (SSSR count). The summed E-state index contributed by atoms with van der Waals surface area (Å²) in [5.41, 5.74) is 0. The van der Waals surface area contributed by atoms with Crippen LogP contribution in [0.15, 0.2) is 15.9 Å². The number of aliphatic hydroxyl groups excluding tert-OH is 1. The highest BCUT2D eigenvalue weighted by molar-refractivity contribution is 9.10. The molecule has 3 nitrogen and oxygen atoms in total. The molecule has 0 bridgehead atoms. The molecule has 1 saturated carbocycles. The molecule has 0 radical (unpaired) electrons. The Morgan fingerprint density at radius 2 is 2.12 bits per heavy atom. The van der Waals surface area contributed by atoms with Crippen molar-refractivity contribution in [1.82, 2.24) is 0 Å². The van der Waals surface area contributed by atoms with Crippen molar-refractivity contribution in [3.05, 3.63) is 15.9 Å². The number of hydrogen-bond donors (Lipinski definition) is 1. The molecule has 0 saturated heterocycles. The molecule has 0 spiro atoms. The van der Waals surface area contributed by atoms with E-state index in [2.05, 4.69) is 15.9 Å². The maximum Gasteiger partial charge on any atom is 0.230 e. The third-order valence-electron chi connectivity index (χ3n) is 3.26. The van der Waals surface area contributed by atoms with Gasteiger partial charge in [0.05, 0.1) is 11.1 Å². The zero-order valence-corrected chi connectivity index (χ0v) is 12.1. The van der Waals surface area contributed by atoms with Crippen LogP contribution in [0.1, 0.15) is 25.7 Å². The minimum atomic E-state index is -0.208. The van der Waals surface area contributed by atoms with Gasteiger partial charge in [0, 0.05) is 22.8 Å². The zero-order valence-electron chi connectivity index (χ0n) is 9.73. The van der Waals surface area contributed by atoms with Gasteiger partial charge in [-0.15, -0.1) is 11.3 Å². The van der Waals surface area contributed by atoms with E-state index in [4.69, 9.17) is 0 Å². The Bertz CT molecular complexity index is 399. The van der Waals surface area contributed by atoms with Crippen molar-refractivity contribution in [2.24, 2.45) is 5.92 Å². The lowest BCUT2D eigenvalue weighted by molar-refractivity contribution is -0.123. The van der Waals surface area contributed by atoms with Crippen molar-refractivity contribution in [3.8, 4) is 0 Å². The van der Waals surface area contributed by atoms with Crippen LogP contribution in [-0.4, -0.2) is 24.2 Å². The predicted octanol–water partition coefficient (Wildman–Crippen LogP) is 3.02. The monoisotopic (exact) mass is 317 g/mol. The van der Waals surface area contributed by atoms with E-state index >= 15 is 0 Å². The average Bonchev–Trinajstić information content (AvgIpc) is 2.75. The van der Waals surface area contributed by atoms with E-state index in [1.165, 1.54) is 0 Å². The van der Waals surface area contributed by atoms with Crippen molar-refractivity contribution in [1.29, 1.82) is 0 Å². The largest absolute Gasteiger partial charge is 0.393 e. The first-order valence-electron chi connectivity index (χ1n) is 5.77. The summed E-state index contributed by atoms with van der Waals surface area (Å²) in [4.78, 5) is 14.0. The molecule has 1 aromatic heterocycles. The maximum atomic E-state index is 12.3. The number of amides is 1. The number of hydrogen-bond acceptors (Lipinski definition) is 3. The molecule has 5 heteroatoms. The first kappa shape index (κ1) is 13.1. The molecule has 1 heterocycles. The third kappa shape index (κ3) is 3.09. The Balaban J connectivity index is 2.00. The fraction of sp³-hybridized carbons (Fsp3) is 0.583. The van der Waals surface area contributed by atoms with Crippen molar-refractivity contribution in [3.63, 3.8) is 0 Å². The zero-order chi connectivity index (χ0) is 12.4. The average molecular weight is 318 g/mol. The lowest BCUT2D eigenvalue weighted by Crippen LogP contribution is -2.35. The SMILES string of the molecule is CN(C(=O)C1CCC(O)CC1)c1cc(Br)cs1. The third-order valence-corrected chi connectivity index (χ3v) is 5.03. The highest BCUT2D eigenvalue weighted by atomic mass is 79.9. The van der Waals surface area contributed by atoms with E-state index in [-0.39, 0.29) is 17.9 Å². The first-order valence-corrected chi connectivity index (χ1v) is 7.45. The molecule has 1 N–H and O–H groups in total. The Kier molecular flexibility index (Phi) is 4.22. The van der Waals surface area contributed by atoms with Gasteiger partial charge in [0.15, 0.2) is 0 Å². The highest BCUT2D eigenvalue weighted by Gasteiger charge is 2.28. The minimum absolute atomic E-state index is 0.0734. The van der Waals surface area contributed by atoms with Gasteiger partial charge in [-0.3, -0.25) is 4.79 Å². The van der Waals surface area contributed by atoms with Crippen molar-refractivity contribution < 1.29 is 9.90 Å². The summed E-state index contributed by atoms with van der Waals surface area (Å²) in [5, 5.41) is 12.4. The van der Waals surface area contributed by atoms with Crippen LogP contribution in [0.3, 0.4) is 0 Å². The smallest absolute Gasteiger partial charge is 0.230 e. The van der Waals surface area contributed by atoms with Crippen LogP contribution in [0.2, 0.25) is 0 Å². The van der Waals surface area contributed by atoms with Crippen LogP contribution in [-0.2, 0) is 4.79 Å². The number of carbonyl (C=O) groups is 1. The fourth-order valence-electron chi connectivity index (χ4n) is 2.18. The fourth-order valence-corrected chi connectivity index (χ4v) is 3.58. The van der Waals surface area contributed by atoms with Gasteiger partial charge in [0.25, 0.3) is 0 Å². The van der Waals surface area contributed by atoms with Gasteiger partial charge in [-0.2, -0.15) is 0 Å². The Morgan fingerprint density at radius 3 is 2.65 bits per heavy atom. The van der Waals surface area contributed by atoms with Gasteiger partial charge in [-0.1, -0.05) is 0 Å². The van der Waals surface area contributed by atoms with Crippen LogP contribution in [0, 0.1) is 5.92 Å². The van der Waals surface area contributed by atoms with E-state index < -0.39 is 0 Å². The summed E-state index contributed by atoms with van der Waals surface area (Å²) in [5.74, 6) is 0.246. The first-order chi connectivity index (χ1) is 8.08. The van der Waals surface area contributed by atoms with Crippen LogP contribution in [0.25, 0.3) is 0 Å². The van der Waals surface area contributed by atoms with Crippen LogP contribution < -0.4 is 4.90 Å². The number of anilines is 1. The number of thiophene rings is 1. The van der Waals surface area contributed by atoms with E-state index in [0.29, 0.717) is 0 Å². The van der Waals surface area contributed by atoms with Crippen LogP contribution in [0.4, 0.5) is 5.00 Å². The molecule has 1 amide bonds. The molecule has 0 unspecified atom stereocenters. The summed E-state index contributed by atoms with van der Waals surface area (Å²) in [6, 6.07) is 1.96. The second-order valence-corrected chi connectivity index (χ2v) is 6.31. The van der Waals surface area contributed by atoms with Gasteiger partial charge in [0.2, 0.25) is 5.91 Å². The van der Waals surface area contributed by atoms with E-state index in [0.717, 1.165) is 35.2 Å². The molecule has 0 atom stereocenters. The topological polar surface area (TPSA) is 40.5 Å². The molecule has 0 aliphatic heterocycles. The minimum Gasteiger partial charge on any atom is -0.393 e. The van der Waals surface area contributed by atoms with Gasteiger partial charge in [0.1, 0.15) is 0 Å². The lowest BCUT2D eigenvalue weighted by atomic mass is 9.86. The summed E-state index contributed by atoms with van der Waals surface area (Å²) < 4.78 is 1.01. The lowest BCUT2D eigenvalue weighted by Gasteiger charge is -2.27. The van der Waals surface area contributed by atoms with Crippen LogP contribution >= 0.6 is 27.3 Å². The van der Waals surface area contributed by atoms with Gasteiger partial charge < -0.3 is 10.0 Å². The summed E-state index contributed by atoms with van der Waals surface area (Å²) in [6.07, 6.45) is 2.89. The summed E-state index contributed by atoms with van der Waals surface area (Å²) in [7, 11) is 1.83. The number of nitrogens with zero attached hydrogens (tertiary/aromatic N) is 1. The molecule has 1 aliphatic carbocycles. The molecule has 1 fully saturated rings. The molecule has 17 heavy (non-hydrogen) atoms. The Hall–Kier alpha value is -0.390. The number of aliphatic hydroxyl groups is 1. The van der Waals surface area contributed by atoms with Crippen molar-refractivity contribution in [2.75, 3.05) is 11.9 Å². The maximum absolute atomic E-state index is 12.3. The molecule has 1 aromatic rings. The quantitative estimate of drug-likeness (QED) is 0.910. The van der Waals surface area contributed by atoms with Gasteiger partial charge in [-0.05, 0) is 47.7 Å². The predicted molar refractivity (Wildman–Crippen MR) is 73.4 cm³/mol. The molecule has 1 aliphatic rings. The standard InChI is InChI=1S/C12H16BrNO2S/c1-14(11-6-9(13)7-17-11)12(16)8-2-4-10(15)5-3-8/h6-8,10,15H,2-5H2,1H3. The van der Waals surface area contributed by atoms with E-state index in [9.17, 15) is 9.90 Å². The molecular weight excluding hydrogens is 302 g/mol. The number of halogens is 1. The molecular formula is C12H16BrNO2S. The van der Waals surface area contributed by atoms with E-state index in [1.54, 1.807) is 16.2 Å². The van der Waals surface area contributed by atoms with Gasteiger partial charge >= 0.3 is 0 Å². The second-order valence-electron chi connectivity index (χ2n) is 4.51.